The van der Waals surface area contributed by atoms with Gasteiger partial charge in [-0.05, 0) is 36.5 Å². The molecule has 86 valence electrons. The number of hydrogen-bond acceptors (Lipinski definition) is 0. The summed E-state index contributed by atoms with van der Waals surface area (Å²) in [5, 5.41) is 0. The molecule has 0 aliphatic heterocycles. The van der Waals surface area contributed by atoms with E-state index in [4.69, 9.17) is 0 Å². The third-order valence-electron chi connectivity index (χ3n) is 3.53. The van der Waals surface area contributed by atoms with Crippen LogP contribution in [-0.4, -0.2) is 0 Å². The van der Waals surface area contributed by atoms with Crippen LogP contribution in [0.15, 0.2) is 0 Å². The van der Waals surface area contributed by atoms with Crippen molar-refractivity contribution in [3.05, 3.63) is 0 Å². The van der Waals surface area contributed by atoms with Gasteiger partial charge in [-0.25, -0.2) is 0 Å². The van der Waals surface area contributed by atoms with E-state index in [1.165, 1.54) is 25.7 Å². The second-order valence-corrected chi connectivity index (χ2v) is 5.49. The Hall–Kier alpha value is 0. The Morgan fingerprint density at radius 2 is 1.57 bits per heavy atom. The van der Waals surface area contributed by atoms with E-state index >= 15 is 0 Å². The lowest BCUT2D eigenvalue weighted by Gasteiger charge is -2.22. The molecule has 0 nitrogen and oxygen atoms in total. The minimum atomic E-state index is 0.880. The number of hydrogen-bond donors (Lipinski definition) is 0. The van der Waals surface area contributed by atoms with Crippen LogP contribution < -0.4 is 0 Å². The second-order valence-electron chi connectivity index (χ2n) is 5.49. The van der Waals surface area contributed by atoms with Gasteiger partial charge in [-0.1, -0.05) is 54.4 Å². The SMILES string of the molecule is CC1CCC(C(C)C(C)C)C1.CCC. The van der Waals surface area contributed by atoms with Crippen molar-refractivity contribution >= 4 is 0 Å². The van der Waals surface area contributed by atoms with Crippen molar-refractivity contribution in [2.45, 2.75) is 67.2 Å². The summed E-state index contributed by atoms with van der Waals surface area (Å²) >= 11 is 0. The van der Waals surface area contributed by atoms with Gasteiger partial charge in [0.25, 0.3) is 0 Å². The summed E-state index contributed by atoms with van der Waals surface area (Å²) in [5.74, 6) is 3.86. The maximum Gasteiger partial charge on any atom is -0.0383 e. The van der Waals surface area contributed by atoms with Gasteiger partial charge in [0.05, 0.1) is 0 Å². The third kappa shape index (κ3) is 5.02. The van der Waals surface area contributed by atoms with Crippen molar-refractivity contribution in [3.63, 3.8) is 0 Å². The second kappa shape index (κ2) is 7.31. The van der Waals surface area contributed by atoms with Crippen molar-refractivity contribution in [3.8, 4) is 0 Å². The molecule has 0 heterocycles. The Balaban J connectivity index is 0.000000500. The lowest BCUT2D eigenvalue weighted by atomic mass is 9.83. The highest BCUT2D eigenvalue weighted by Crippen LogP contribution is 2.37. The monoisotopic (exact) mass is 198 g/mol. The molecule has 0 bridgehead atoms. The summed E-state index contributed by atoms with van der Waals surface area (Å²) in [4.78, 5) is 0. The van der Waals surface area contributed by atoms with E-state index in [1.807, 2.05) is 0 Å². The summed E-state index contributed by atoms with van der Waals surface area (Å²) in [6, 6.07) is 0. The van der Waals surface area contributed by atoms with E-state index in [9.17, 15) is 0 Å². The van der Waals surface area contributed by atoms with Crippen LogP contribution in [0.5, 0.6) is 0 Å². The highest BCUT2D eigenvalue weighted by Gasteiger charge is 2.27. The number of rotatable bonds is 2. The van der Waals surface area contributed by atoms with Crippen LogP contribution in [0.3, 0.4) is 0 Å². The molecule has 1 aliphatic rings. The van der Waals surface area contributed by atoms with Gasteiger partial charge in [-0.3, -0.25) is 0 Å². The maximum absolute atomic E-state index is 2.42. The van der Waals surface area contributed by atoms with Crippen molar-refractivity contribution in [1.29, 1.82) is 0 Å². The van der Waals surface area contributed by atoms with Crippen LogP contribution in [0.4, 0.5) is 0 Å². The quantitative estimate of drug-likeness (QED) is 0.577. The Kier molecular flexibility index (Phi) is 7.31. The minimum Gasteiger partial charge on any atom is -0.0656 e. The molecule has 0 aromatic heterocycles. The van der Waals surface area contributed by atoms with Gasteiger partial charge in [-0.2, -0.15) is 0 Å². The Bertz CT molecular complexity index is 126. The van der Waals surface area contributed by atoms with Crippen LogP contribution in [0.25, 0.3) is 0 Å². The molecule has 0 N–H and O–H groups in total. The zero-order chi connectivity index (χ0) is 11.1. The summed E-state index contributed by atoms with van der Waals surface area (Å²) in [6.45, 7) is 13.8. The molecule has 3 atom stereocenters. The molecule has 1 saturated carbocycles. The third-order valence-corrected chi connectivity index (χ3v) is 3.53. The van der Waals surface area contributed by atoms with Crippen molar-refractivity contribution in [2.75, 3.05) is 0 Å². The smallest absolute Gasteiger partial charge is 0.0383 e. The standard InChI is InChI=1S/C11H22.C3H8/c1-8(2)10(4)11-6-5-9(3)7-11;1-3-2/h8-11H,5-7H2,1-4H3;3H2,1-2H3. The molecule has 0 amide bonds. The first-order valence-electron chi connectivity index (χ1n) is 6.52. The molecule has 0 spiro atoms. The lowest BCUT2D eigenvalue weighted by Crippen LogP contribution is -2.14. The zero-order valence-electron chi connectivity index (χ0n) is 11.1. The average Bonchev–Trinajstić information content (AvgIpc) is 2.51. The summed E-state index contributed by atoms with van der Waals surface area (Å²) in [5.41, 5.74) is 0. The molecule has 0 saturated heterocycles. The lowest BCUT2D eigenvalue weighted by molar-refractivity contribution is 0.276. The average molecular weight is 198 g/mol. The molecule has 3 unspecified atom stereocenters. The van der Waals surface area contributed by atoms with Gasteiger partial charge >= 0.3 is 0 Å². The molecule has 0 aromatic carbocycles. The van der Waals surface area contributed by atoms with Gasteiger partial charge in [0.15, 0.2) is 0 Å². The van der Waals surface area contributed by atoms with E-state index in [1.54, 1.807) is 0 Å². The van der Waals surface area contributed by atoms with Crippen molar-refractivity contribution in [1.82, 2.24) is 0 Å². The first-order valence-corrected chi connectivity index (χ1v) is 6.52. The molecule has 1 fully saturated rings. The Morgan fingerprint density at radius 1 is 1.07 bits per heavy atom. The summed E-state index contributed by atoms with van der Waals surface area (Å²) in [7, 11) is 0. The molecule has 0 aromatic rings. The van der Waals surface area contributed by atoms with Gasteiger partial charge in [0.1, 0.15) is 0 Å². The Morgan fingerprint density at radius 3 is 1.86 bits per heavy atom. The predicted octanol–water partition coefficient (Wildman–Crippen LogP) is 5.13. The fourth-order valence-electron chi connectivity index (χ4n) is 2.27. The maximum atomic E-state index is 2.42. The molecule has 0 radical (unpaired) electrons. The molecule has 1 aliphatic carbocycles. The first-order chi connectivity index (χ1) is 6.52. The van der Waals surface area contributed by atoms with Crippen LogP contribution >= 0.6 is 0 Å². The summed E-state index contributed by atoms with van der Waals surface area (Å²) < 4.78 is 0. The van der Waals surface area contributed by atoms with Gasteiger partial charge in [0, 0.05) is 0 Å². The topological polar surface area (TPSA) is 0 Å². The van der Waals surface area contributed by atoms with Crippen molar-refractivity contribution in [2.24, 2.45) is 23.7 Å². The summed E-state index contributed by atoms with van der Waals surface area (Å²) in [6.07, 6.45) is 5.70. The fraction of sp³-hybridized carbons (Fsp3) is 1.00. The predicted molar refractivity (Wildman–Crippen MR) is 66.5 cm³/mol. The first kappa shape index (κ1) is 14.0. The normalized spacial score (nSPS) is 28.5. The van der Waals surface area contributed by atoms with Gasteiger partial charge < -0.3 is 0 Å². The highest BCUT2D eigenvalue weighted by atomic mass is 14.3. The van der Waals surface area contributed by atoms with Crippen LogP contribution in [0.2, 0.25) is 0 Å². The molecule has 14 heavy (non-hydrogen) atoms. The minimum absolute atomic E-state index is 0.880. The van der Waals surface area contributed by atoms with Crippen molar-refractivity contribution < 1.29 is 0 Å². The van der Waals surface area contributed by atoms with E-state index in [-0.39, 0.29) is 0 Å². The molecular weight excluding hydrogens is 168 g/mol. The van der Waals surface area contributed by atoms with Crippen LogP contribution in [0.1, 0.15) is 67.2 Å². The van der Waals surface area contributed by atoms with Gasteiger partial charge in [0.2, 0.25) is 0 Å². The molecule has 1 rings (SSSR count). The molecule has 0 heteroatoms. The fourth-order valence-corrected chi connectivity index (χ4v) is 2.27. The zero-order valence-corrected chi connectivity index (χ0v) is 11.1. The Labute approximate surface area is 91.5 Å². The van der Waals surface area contributed by atoms with E-state index in [0.29, 0.717) is 0 Å². The van der Waals surface area contributed by atoms with E-state index < -0.39 is 0 Å². The molecular formula is C14H30. The van der Waals surface area contributed by atoms with Crippen LogP contribution in [-0.2, 0) is 0 Å². The van der Waals surface area contributed by atoms with E-state index in [2.05, 4.69) is 41.5 Å². The van der Waals surface area contributed by atoms with Gasteiger partial charge in [-0.15, -0.1) is 0 Å². The highest BCUT2D eigenvalue weighted by molar-refractivity contribution is 4.77. The van der Waals surface area contributed by atoms with Crippen LogP contribution in [0, 0.1) is 23.7 Å². The largest absolute Gasteiger partial charge is 0.0656 e. The van der Waals surface area contributed by atoms with E-state index in [0.717, 1.165) is 23.7 Å².